The molecule has 0 atom stereocenters. The van der Waals surface area contributed by atoms with Crippen LogP contribution in [-0.2, 0) is 0 Å². The van der Waals surface area contributed by atoms with Crippen LogP contribution in [0.4, 0.5) is 5.69 Å². The zero-order valence-electron chi connectivity index (χ0n) is 22.0. The molecule has 0 spiro atoms. The van der Waals surface area contributed by atoms with E-state index in [1.165, 1.54) is 25.7 Å². The Bertz CT molecular complexity index is 1790. The number of nitrogens with one attached hydrogen (secondary N) is 3. The Morgan fingerprint density at radius 2 is 1.79 bits per heavy atom. The van der Waals surface area contributed by atoms with Crippen LogP contribution in [0.15, 0.2) is 80.3 Å². The van der Waals surface area contributed by atoms with Gasteiger partial charge in [0.2, 0.25) is 0 Å². The van der Waals surface area contributed by atoms with Crippen LogP contribution in [0.5, 0.6) is 0 Å². The lowest BCUT2D eigenvalue weighted by Crippen LogP contribution is -2.23. The van der Waals surface area contributed by atoms with Crippen molar-refractivity contribution in [2.24, 2.45) is 5.92 Å². The van der Waals surface area contributed by atoms with Gasteiger partial charge in [-0.2, -0.15) is 5.10 Å². The van der Waals surface area contributed by atoms with Crippen molar-refractivity contribution in [1.29, 1.82) is 0 Å². The first-order valence-corrected chi connectivity index (χ1v) is 13.3. The highest BCUT2D eigenvalue weighted by Gasteiger charge is 2.18. The molecule has 0 amide bonds. The molecule has 1 saturated carbocycles. The van der Waals surface area contributed by atoms with Gasteiger partial charge in [0, 0.05) is 52.2 Å². The predicted molar refractivity (Wildman–Crippen MR) is 159 cm³/mol. The topological polar surface area (TPSA) is 95.2 Å². The van der Waals surface area contributed by atoms with Crippen molar-refractivity contribution in [2.45, 2.75) is 32.6 Å². The van der Waals surface area contributed by atoms with E-state index in [2.05, 4.69) is 66.8 Å². The first-order valence-electron chi connectivity index (χ1n) is 13.3. The fourth-order valence-corrected chi connectivity index (χ4v) is 5.38. The van der Waals surface area contributed by atoms with Gasteiger partial charge in [0.05, 0.1) is 34.6 Å². The highest BCUT2D eigenvalue weighted by atomic mass is 15.1. The summed E-state index contributed by atoms with van der Waals surface area (Å²) >= 11 is 0. The molecule has 5 aromatic heterocycles. The zero-order chi connectivity index (χ0) is 26.8. The summed E-state index contributed by atoms with van der Waals surface area (Å²) in [6.07, 6.45) is 20.0. The summed E-state index contributed by atoms with van der Waals surface area (Å²) in [6, 6.07) is 8.19. The van der Waals surface area contributed by atoms with Crippen molar-refractivity contribution in [3.63, 3.8) is 0 Å². The van der Waals surface area contributed by atoms with Crippen LogP contribution in [0.2, 0.25) is 0 Å². The molecule has 3 N–H and O–H groups in total. The molecule has 5 aromatic rings. The molecule has 0 unspecified atom stereocenters. The van der Waals surface area contributed by atoms with Gasteiger partial charge in [-0.3, -0.25) is 20.1 Å². The molecule has 5 heterocycles. The Hall–Kier alpha value is -4.78. The number of aromatic amines is 2. The van der Waals surface area contributed by atoms with E-state index in [4.69, 9.17) is 0 Å². The van der Waals surface area contributed by atoms with E-state index in [9.17, 15) is 0 Å². The summed E-state index contributed by atoms with van der Waals surface area (Å²) < 4.78 is 0. The summed E-state index contributed by atoms with van der Waals surface area (Å²) in [5.41, 5.74) is 8.55. The number of pyridine rings is 3. The lowest BCUT2D eigenvalue weighted by atomic mass is 10.0. The minimum absolute atomic E-state index is 0.533. The first-order chi connectivity index (χ1) is 19.1. The van der Waals surface area contributed by atoms with Crippen molar-refractivity contribution >= 4 is 34.3 Å². The molecule has 1 fully saturated rings. The number of nitrogens with zero attached hydrogens (tertiary/aromatic N) is 4. The van der Waals surface area contributed by atoms with Gasteiger partial charge in [0.1, 0.15) is 5.69 Å². The molecule has 6 rings (SSSR count). The molecule has 0 bridgehead atoms. The predicted octanol–water partition coefficient (Wildman–Crippen LogP) is 5.82. The van der Waals surface area contributed by atoms with Crippen LogP contribution >= 0.6 is 0 Å². The Morgan fingerprint density at radius 3 is 2.59 bits per heavy atom. The fourth-order valence-electron chi connectivity index (χ4n) is 5.38. The largest absolute Gasteiger partial charge is 0.358 e. The number of H-pyrrole nitrogens is 2. The van der Waals surface area contributed by atoms with Gasteiger partial charge in [0.15, 0.2) is 0 Å². The van der Waals surface area contributed by atoms with Crippen LogP contribution in [0.1, 0.15) is 38.2 Å². The minimum atomic E-state index is 0.533. The Morgan fingerprint density at radius 1 is 1.00 bits per heavy atom. The van der Waals surface area contributed by atoms with Crippen LogP contribution in [0.25, 0.3) is 51.1 Å². The third kappa shape index (κ3) is 4.91. The Balaban J connectivity index is 1.36. The van der Waals surface area contributed by atoms with Crippen LogP contribution in [-0.4, -0.2) is 30.1 Å². The van der Waals surface area contributed by atoms with Gasteiger partial charge < -0.3 is 10.3 Å². The second kappa shape index (κ2) is 10.5. The summed E-state index contributed by atoms with van der Waals surface area (Å²) in [5.74, 6) is 0.533. The van der Waals surface area contributed by atoms with Gasteiger partial charge in [-0.25, -0.2) is 0 Å². The molecule has 0 radical (unpaired) electrons. The lowest BCUT2D eigenvalue weighted by molar-refractivity contribution is 0.649. The quantitative estimate of drug-likeness (QED) is 0.255. The molecule has 194 valence electrons. The van der Waals surface area contributed by atoms with E-state index >= 15 is 0 Å². The maximum Gasteiger partial charge on any atom is 0.116 e. The van der Waals surface area contributed by atoms with Gasteiger partial charge in [-0.05, 0) is 67.2 Å². The van der Waals surface area contributed by atoms with E-state index < -0.39 is 0 Å². The molecule has 0 aromatic carbocycles. The van der Waals surface area contributed by atoms with E-state index in [0.29, 0.717) is 5.92 Å². The van der Waals surface area contributed by atoms with E-state index in [1.54, 1.807) is 12.4 Å². The number of hydrogen-bond donors (Lipinski definition) is 3. The molecular weight excluding hydrogens is 482 g/mol. The smallest absolute Gasteiger partial charge is 0.116 e. The number of hydrogen-bond acceptors (Lipinski definition) is 5. The van der Waals surface area contributed by atoms with Crippen molar-refractivity contribution < 1.29 is 0 Å². The normalized spacial score (nSPS) is 14.8. The third-order valence-corrected chi connectivity index (χ3v) is 7.49. The molecule has 7 nitrogen and oxygen atoms in total. The second-order valence-electron chi connectivity index (χ2n) is 10.0. The number of aromatic nitrogens is 6. The van der Waals surface area contributed by atoms with Crippen molar-refractivity contribution in [3.8, 4) is 22.5 Å². The minimum Gasteiger partial charge on any atom is -0.358 e. The highest BCUT2D eigenvalue weighted by Crippen LogP contribution is 2.32. The van der Waals surface area contributed by atoms with E-state index in [0.717, 1.165) is 66.5 Å². The van der Waals surface area contributed by atoms with E-state index in [-0.39, 0.29) is 0 Å². The molecule has 7 heteroatoms. The third-order valence-electron chi connectivity index (χ3n) is 7.49. The monoisotopic (exact) mass is 513 g/mol. The average Bonchev–Trinajstić information content (AvgIpc) is 3.73. The Kier molecular flexibility index (Phi) is 6.63. The van der Waals surface area contributed by atoms with Crippen molar-refractivity contribution in [3.05, 3.63) is 96.4 Å². The summed E-state index contributed by atoms with van der Waals surface area (Å²) in [5, 5.41) is 14.3. The molecule has 39 heavy (non-hydrogen) atoms. The number of anilines is 1. The number of rotatable bonds is 7. The summed E-state index contributed by atoms with van der Waals surface area (Å²) in [4.78, 5) is 16.6. The maximum atomic E-state index is 4.67. The molecule has 0 aliphatic heterocycles. The average molecular weight is 514 g/mol. The van der Waals surface area contributed by atoms with Gasteiger partial charge in [-0.15, -0.1) is 0 Å². The van der Waals surface area contributed by atoms with E-state index in [1.807, 2.05) is 49.9 Å². The zero-order valence-corrected chi connectivity index (χ0v) is 22.0. The van der Waals surface area contributed by atoms with Gasteiger partial charge >= 0.3 is 0 Å². The maximum absolute atomic E-state index is 4.67. The fraction of sp³-hybridized carbons (Fsp3) is 0.188. The van der Waals surface area contributed by atoms with Gasteiger partial charge in [-0.1, -0.05) is 32.1 Å². The molecular formula is C32H31N7. The van der Waals surface area contributed by atoms with Crippen molar-refractivity contribution in [2.75, 3.05) is 5.32 Å². The van der Waals surface area contributed by atoms with Crippen molar-refractivity contribution in [1.82, 2.24) is 30.1 Å². The first kappa shape index (κ1) is 24.6. The second-order valence-corrected chi connectivity index (χ2v) is 10.0. The molecule has 0 saturated heterocycles. The Labute approximate surface area is 227 Å². The number of fused-ring (bicyclic) bond motifs is 1. The van der Waals surface area contributed by atoms with Gasteiger partial charge in [0.25, 0.3) is 0 Å². The summed E-state index contributed by atoms with van der Waals surface area (Å²) in [7, 11) is 0. The SMILES string of the molecule is C=C(/C=c1/c(-c2cc3c(-c4ccncc4)cncc3[nH]2)n[nH]/c1=C/C)c1cncc(NC(=C)C2CCCC2)c1. The lowest BCUT2D eigenvalue weighted by Gasteiger charge is -2.16. The molecule has 1 aliphatic rings. The van der Waals surface area contributed by atoms with Crippen LogP contribution < -0.4 is 15.9 Å². The van der Waals surface area contributed by atoms with Crippen LogP contribution in [0, 0.1) is 5.92 Å². The van der Waals surface area contributed by atoms with Crippen LogP contribution in [0.3, 0.4) is 0 Å². The highest BCUT2D eigenvalue weighted by molar-refractivity contribution is 5.97. The standard InChI is InChI=1S/C32H31N7/c1-4-29-27(13-20(2)24-14-25(17-34-16-24)36-21(3)22-7-5-6-8-22)32(39-38-29)30-15-26-28(18-35-19-31(26)37-30)23-9-11-33-12-10-23/h4,9-19,22,36-38H,2-3,5-8H2,1H3/b27-13+,29-4+. The molecule has 1 aliphatic carbocycles. The number of allylic oxidation sites excluding steroid dienone is 2. The summed E-state index contributed by atoms with van der Waals surface area (Å²) in [6.45, 7) is 10.7.